The van der Waals surface area contributed by atoms with Gasteiger partial charge in [0.1, 0.15) is 29.8 Å². The lowest BCUT2D eigenvalue weighted by atomic mass is 9.74. The van der Waals surface area contributed by atoms with E-state index in [1.807, 2.05) is 93.6 Å². The number of amides is 3. The highest BCUT2D eigenvalue weighted by atomic mass is 79.9. The molecule has 11 heteroatoms. The van der Waals surface area contributed by atoms with Crippen LogP contribution in [0.1, 0.15) is 57.8 Å². The Morgan fingerprint density at radius 3 is 2.31 bits per heavy atom. The third-order valence-corrected chi connectivity index (χ3v) is 10.8. The second-order valence-corrected chi connectivity index (χ2v) is 15.3. The molecule has 2 aromatic carbocycles. The van der Waals surface area contributed by atoms with E-state index in [1.165, 1.54) is 4.90 Å². The molecule has 3 amide bonds. The Balaban J connectivity index is 1.49. The fourth-order valence-electron chi connectivity index (χ4n) is 7.80. The van der Waals surface area contributed by atoms with Crippen molar-refractivity contribution in [2.75, 3.05) is 13.2 Å². The van der Waals surface area contributed by atoms with Crippen LogP contribution in [0.15, 0.2) is 83.4 Å². The third-order valence-electron chi connectivity index (χ3n) is 10.1. The molecule has 2 aromatic rings. The van der Waals surface area contributed by atoms with Gasteiger partial charge in [-0.15, -0.1) is 0 Å². The standard InChI is InChI=1S/C38H44BrN3O7/c1-23-31(25-16-10-6-11-17-25)48-36(47)29-30-34(45)42(26(22-43)20-24-14-8-5-9-15-24)33(38(30)21-27(39)32(29)49-38)35(46)41(37(2,3)4)19-13-7-12-18-28(44)40-23/h5-11,13-17,21,23,26,29-33,43H,12,18-20,22H2,1-4H3,(H,40,44)/b13-7-/t23-,26-,29+,30-,31+,32+,33+,38-/m1/s1. The molecule has 4 aliphatic rings. The van der Waals surface area contributed by atoms with Crippen LogP contribution >= 0.6 is 15.9 Å². The number of esters is 1. The molecule has 2 fully saturated rings. The van der Waals surface area contributed by atoms with Crippen molar-refractivity contribution in [1.82, 2.24) is 15.1 Å². The summed E-state index contributed by atoms with van der Waals surface area (Å²) < 4.78 is 13.5. The van der Waals surface area contributed by atoms with Gasteiger partial charge < -0.3 is 29.7 Å². The molecular weight excluding hydrogens is 690 g/mol. The molecule has 4 aliphatic heterocycles. The van der Waals surface area contributed by atoms with E-state index >= 15 is 4.79 Å². The Bertz CT molecular complexity index is 1640. The molecular formula is C38H44BrN3O7. The minimum Gasteiger partial charge on any atom is -0.455 e. The molecule has 5 bridgehead atoms. The molecule has 0 aromatic heterocycles. The number of aliphatic hydroxyl groups excluding tert-OH is 1. The summed E-state index contributed by atoms with van der Waals surface area (Å²) in [5, 5.41) is 13.8. The predicted molar refractivity (Wildman–Crippen MR) is 186 cm³/mol. The number of likely N-dealkylation sites (tertiary alicyclic amines) is 1. The molecule has 2 saturated heterocycles. The number of hydrogen-bond donors (Lipinski definition) is 2. The van der Waals surface area contributed by atoms with Crippen molar-refractivity contribution in [3.05, 3.63) is 94.5 Å². The minimum atomic E-state index is -1.49. The second-order valence-electron chi connectivity index (χ2n) is 14.4. The normalized spacial score (nSPS) is 32.0. The summed E-state index contributed by atoms with van der Waals surface area (Å²) in [4.78, 5) is 60.5. The lowest BCUT2D eigenvalue weighted by molar-refractivity contribution is -0.162. The number of benzene rings is 2. The smallest absolute Gasteiger partial charge is 0.313 e. The average molecular weight is 735 g/mol. The zero-order valence-corrected chi connectivity index (χ0v) is 29.8. The van der Waals surface area contributed by atoms with Crippen molar-refractivity contribution < 1.29 is 33.8 Å². The quantitative estimate of drug-likeness (QED) is 0.348. The number of nitrogens with zero attached hydrogens (tertiary/aromatic N) is 2. The lowest BCUT2D eigenvalue weighted by Crippen LogP contribution is -2.61. The molecule has 49 heavy (non-hydrogen) atoms. The number of allylic oxidation sites excluding steroid dienone is 1. The Hall–Kier alpha value is -3.80. The molecule has 2 N–H and O–H groups in total. The number of cyclic esters (lactones) is 1. The number of hydrogen-bond acceptors (Lipinski definition) is 7. The number of aliphatic hydroxyl groups is 1. The molecule has 0 saturated carbocycles. The van der Waals surface area contributed by atoms with E-state index in [9.17, 15) is 19.5 Å². The zero-order chi connectivity index (χ0) is 35.1. The maximum absolute atomic E-state index is 15.0. The first kappa shape index (κ1) is 35.0. The zero-order valence-electron chi connectivity index (χ0n) is 28.3. The van der Waals surface area contributed by atoms with Crippen LogP contribution in [-0.2, 0) is 35.1 Å². The fourth-order valence-corrected chi connectivity index (χ4v) is 8.53. The van der Waals surface area contributed by atoms with Crippen molar-refractivity contribution >= 4 is 39.6 Å². The maximum Gasteiger partial charge on any atom is 0.313 e. The Morgan fingerprint density at radius 1 is 0.980 bits per heavy atom. The van der Waals surface area contributed by atoms with Gasteiger partial charge in [-0.1, -0.05) is 88.7 Å². The first-order chi connectivity index (χ1) is 23.4. The van der Waals surface area contributed by atoms with E-state index < -0.39 is 71.8 Å². The third kappa shape index (κ3) is 6.48. The summed E-state index contributed by atoms with van der Waals surface area (Å²) in [7, 11) is 0. The highest BCUT2D eigenvalue weighted by Crippen LogP contribution is 2.59. The number of carbonyl (C=O) groups is 4. The van der Waals surface area contributed by atoms with Gasteiger partial charge in [0.2, 0.25) is 17.7 Å². The molecule has 8 atom stereocenters. The van der Waals surface area contributed by atoms with Gasteiger partial charge in [-0.25, -0.2) is 0 Å². The largest absolute Gasteiger partial charge is 0.455 e. The highest BCUT2D eigenvalue weighted by Gasteiger charge is 2.75. The molecule has 6 rings (SSSR count). The van der Waals surface area contributed by atoms with E-state index in [1.54, 1.807) is 17.9 Å². The summed E-state index contributed by atoms with van der Waals surface area (Å²) in [6.07, 6.45) is 4.74. The molecule has 1 spiro atoms. The van der Waals surface area contributed by atoms with E-state index in [0.717, 1.165) is 5.56 Å². The predicted octanol–water partition coefficient (Wildman–Crippen LogP) is 4.23. The van der Waals surface area contributed by atoms with Crippen LogP contribution in [-0.4, -0.2) is 87.1 Å². The molecule has 0 unspecified atom stereocenters. The summed E-state index contributed by atoms with van der Waals surface area (Å²) in [6.45, 7) is 7.36. The van der Waals surface area contributed by atoms with Gasteiger partial charge in [0.15, 0.2) is 0 Å². The van der Waals surface area contributed by atoms with E-state index in [0.29, 0.717) is 22.9 Å². The van der Waals surface area contributed by atoms with Gasteiger partial charge >= 0.3 is 5.97 Å². The summed E-state index contributed by atoms with van der Waals surface area (Å²) in [5.41, 5.74) is -0.589. The number of carbonyl (C=O) groups excluding carboxylic acids is 4. The van der Waals surface area contributed by atoms with Gasteiger partial charge in [-0.3, -0.25) is 19.2 Å². The minimum absolute atomic E-state index is 0.201. The summed E-state index contributed by atoms with van der Waals surface area (Å²) >= 11 is 3.62. The number of rotatable bonds is 5. The molecule has 10 nitrogen and oxygen atoms in total. The van der Waals surface area contributed by atoms with Crippen LogP contribution in [0.2, 0.25) is 0 Å². The van der Waals surface area contributed by atoms with E-state index in [-0.39, 0.29) is 24.8 Å². The van der Waals surface area contributed by atoms with Crippen molar-refractivity contribution in [2.24, 2.45) is 11.8 Å². The molecule has 0 radical (unpaired) electrons. The van der Waals surface area contributed by atoms with Crippen LogP contribution in [0, 0.1) is 11.8 Å². The maximum atomic E-state index is 15.0. The highest BCUT2D eigenvalue weighted by molar-refractivity contribution is 9.11. The summed E-state index contributed by atoms with van der Waals surface area (Å²) in [5.74, 6) is -3.84. The Labute approximate surface area is 295 Å². The number of halogens is 1. The van der Waals surface area contributed by atoms with E-state index in [4.69, 9.17) is 9.47 Å². The second kappa shape index (κ2) is 13.8. The number of nitrogens with one attached hydrogen (secondary N) is 1. The van der Waals surface area contributed by atoms with Crippen molar-refractivity contribution in [2.45, 2.75) is 88.4 Å². The van der Waals surface area contributed by atoms with Crippen molar-refractivity contribution in [3.8, 4) is 0 Å². The van der Waals surface area contributed by atoms with Gasteiger partial charge in [-0.05, 0) is 57.7 Å². The fraction of sp³-hybridized carbons (Fsp3) is 0.474. The van der Waals surface area contributed by atoms with Gasteiger partial charge in [0.25, 0.3) is 0 Å². The summed E-state index contributed by atoms with van der Waals surface area (Å²) in [6, 6.07) is 16.1. The van der Waals surface area contributed by atoms with Crippen LogP contribution in [0.4, 0.5) is 0 Å². The lowest BCUT2D eigenvalue weighted by Gasteiger charge is -2.43. The topological polar surface area (TPSA) is 125 Å². The Kier molecular flexibility index (Phi) is 9.90. The van der Waals surface area contributed by atoms with Crippen LogP contribution < -0.4 is 5.32 Å². The molecule has 4 heterocycles. The monoisotopic (exact) mass is 733 g/mol. The number of ether oxygens (including phenoxy) is 2. The Morgan fingerprint density at radius 2 is 1.65 bits per heavy atom. The van der Waals surface area contributed by atoms with Crippen LogP contribution in [0.3, 0.4) is 0 Å². The first-order valence-electron chi connectivity index (χ1n) is 16.9. The van der Waals surface area contributed by atoms with Crippen LogP contribution in [0.25, 0.3) is 0 Å². The average Bonchev–Trinajstić information content (AvgIpc) is 3.66. The van der Waals surface area contributed by atoms with Crippen molar-refractivity contribution in [1.29, 1.82) is 0 Å². The number of fused-ring (bicyclic) bond motifs is 2. The van der Waals surface area contributed by atoms with Gasteiger partial charge in [0, 0.05) is 23.0 Å². The van der Waals surface area contributed by atoms with Crippen LogP contribution in [0.5, 0.6) is 0 Å². The van der Waals surface area contributed by atoms with Gasteiger partial charge in [0.05, 0.1) is 24.6 Å². The van der Waals surface area contributed by atoms with Gasteiger partial charge in [-0.2, -0.15) is 0 Å². The first-order valence-corrected chi connectivity index (χ1v) is 17.7. The molecule has 260 valence electrons. The van der Waals surface area contributed by atoms with E-state index in [2.05, 4.69) is 21.2 Å². The SMILES string of the molecule is C[C@H]1NC(=O)CC/C=C\CN(C(C)(C)C)C(=O)[C@@H]2N([C@@H](CO)Cc3ccccc3)C(=O)[C@H]3[C@H](C(=O)O[C@@H]1c1ccccc1)[C@H]1O[C@@]23C=C1Br. The van der Waals surface area contributed by atoms with Crippen molar-refractivity contribution in [3.63, 3.8) is 0 Å². The molecule has 0 aliphatic carbocycles.